The Hall–Kier alpha value is -3.80. The van der Waals surface area contributed by atoms with Crippen molar-refractivity contribution < 1.29 is 23.9 Å². The molecule has 35 heavy (non-hydrogen) atoms. The van der Waals surface area contributed by atoms with Gasteiger partial charge in [-0.25, -0.2) is 4.98 Å². The Kier molecular flexibility index (Phi) is 12.7. The molecule has 0 saturated heterocycles. The zero-order valence-electron chi connectivity index (χ0n) is 20.3. The van der Waals surface area contributed by atoms with Gasteiger partial charge in [0.2, 0.25) is 11.0 Å². The minimum atomic E-state index is -0.519. The second-order valence-electron chi connectivity index (χ2n) is 7.40. The summed E-state index contributed by atoms with van der Waals surface area (Å²) in [6, 6.07) is 8.64. The monoisotopic (exact) mass is 504 g/mol. The molecule has 0 radical (unpaired) electrons. The number of rotatable bonds is 10. The van der Waals surface area contributed by atoms with E-state index in [4.69, 9.17) is 16.2 Å². The zero-order chi connectivity index (χ0) is 26.4. The number of hydrogen-bond donors (Lipinski definition) is 4. The molecule has 190 valence electrons. The van der Waals surface area contributed by atoms with Gasteiger partial charge in [-0.1, -0.05) is 41.7 Å². The molecule has 1 aromatic carbocycles. The van der Waals surface area contributed by atoms with Gasteiger partial charge in [-0.2, -0.15) is 4.99 Å². The van der Waals surface area contributed by atoms with Crippen LogP contribution in [-0.2, 0) is 19.1 Å². The van der Waals surface area contributed by atoms with Gasteiger partial charge in [-0.05, 0) is 33.3 Å². The van der Waals surface area contributed by atoms with E-state index in [1.807, 2.05) is 30.3 Å². The van der Waals surface area contributed by atoms with Gasteiger partial charge in [0, 0.05) is 13.0 Å². The Morgan fingerprint density at radius 3 is 2.34 bits per heavy atom. The number of nitrogens with two attached hydrogens (primary N) is 2. The Bertz CT molecular complexity index is 1030. The van der Waals surface area contributed by atoms with Crippen LogP contribution in [0.15, 0.2) is 35.3 Å². The summed E-state index contributed by atoms with van der Waals surface area (Å²) in [4.78, 5) is 54.4. The number of esters is 1. The highest BCUT2D eigenvalue weighted by molar-refractivity contribution is 7.17. The third kappa shape index (κ3) is 11.8. The molecule has 2 amide bonds. The van der Waals surface area contributed by atoms with Crippen LogP contribution in [0.2, 0.25) is 0 Å². The topological polar surface area (TPSA) is 179 Å². The van der Waals surface area contributed by atoms with E-state index in [0.717, 1.165) is 16.9 Å². The number of aryl methyl sites for hydroxylation is 1. The van der Waals surface area contributed by atoms with Crippen molar-refractivity contribution in [2.75, 3.05) is 13.2 Å². The lowest BCUT2D eigenvalue weighted by molar-refractivity contribution is -0.143. The summed E-state index contributed by atoms with van der Waals surface area (Å²) in [6.45, 7) is 6.83. The van der Waals surface area contributed by atoms with Crippen LogP contribution in [0.1, 0.15) is 60.6 Å². The summed E-state index contributed by atoms with van der Waals surface area (Å²) in [5.74, 6) is -1.05. The molecule has 11 nitrogen and oxygen atoms in total. The van der Waals surface area contributed by atoms with Gasteiger partial charge in [-0.3, -0.25) is 14.4 Å². The van der Waals surface area contributed by atoms with Crippen molar-refractivity contribution in [1.82, 2.24) is 15.6 Å². The molecule has 2 rings (SSSR count). The van der Waals surface area contributed by atoms with Crippen LogP contribution in [0.25, 0.3) is 0 Å². The second-order valence-corrected chi connectivity index (χ2v) is 8.38. The summed E-state index contributed by atoms with van der Waals surface area (Å²) in [5, 5.41) is 5.79. The molecular weight excluding hydrogens is 472 g/mol. The van der Waals surface area contributed by atoms with Crippen molar-refractivity contribution in [3.8, 4) is 0 Å². The van der Waals surface area contributed by atoms with E-state index < -0.39 is 12.0 Å². The summed E-state index contributed by atoms with van der Waals surface area (Å²) < 4.78 is 5.00. The number of nitrogens with zero attached hydrogens (tertiary/aromatic N) is 2. The summed E-state index contributed by atoms with van der Waals surface area (Å²) in [6.07, 6.45) is 0.0556. The van der Waals surface area contributed by atoms with E-state index in [-0.39, 0.29) is 54.7 Å². The first-order chi connectivity index (χ1) is 16.5. The average molecular weight is 505 g/mol. The van der Waals surface area contributed by atoms with Crippen LogP contribution in [0.4, 0.5) is 5.13 Å². The maximum Gasteiger partial charge on any atom is 0.308 e. The minimum absolute atomic E-state index is 0.0174. The van der Waals surface area contributed by atoms with Gasteiger partial charge in [-0.15, -0.1) is 0 Å². The number of ketones is 1. The van der Waals surface area contributed by atoms with Gasteiger partial charge in [0.15, 0.2) is 5.96 Å². The number of carbonyl (C=O) groups is 4. The molecule has 6 N–H and O–H groups in total. The molecule has 0 fully saturated rings. The number of benzene rings is 1. The molecule has 0 aliphatic carbocycles. The second kappa shape index (κ2) is 15.2. The molecule has 12 heteroatoms. The number of nitrogens with one attached hydrogen (secondary N) is 2. The van der Waals surface area contributed by atoms with Gasteiger partial charge in [0.05, 0.1) is 24.8 Å². The highest BCUT2D eigenvalue weighted by atomic mass is 32.1. The molecule has 1 atom stereocenters. The standard InChI is InChI=1S/C20H26N6O4S.C3H6O/c1-3-30-16(28)11-14(13-7-5-4-6-8-13)25-15(27)9-10-23-18(29)17-12(2)24-20(31-17)26-19(21)22;1-3(2)4/h4-8,14H,3,9-11H2,1-2H3,(H,23,29)(H,25,27)(H4,21,22,24,26);1-2H3. The van der Waals surface area contributed by atoms with E-state index in [0.29, 0.717) is 10.6 Å². The lowest BCUT2D eigenvalue weighted by atomic mass is 10.0. The molecule has 1 aromatic heterocycles. The number of hydrogen-bond acceptors (Lipinski definition) is 8. The minimum Gasteiger partial charge on any atom is -0.466 e. The average Bonchev–Trinajstić information content (AvgIpc) is 3.13. The SMILES string of the molecule is CC(C)=O.CCOC(=O)CC(NC(=O)CCNC(=O)c1sc(N=C(N)N)nc1C)c1ccccc1. The first kappa shape index (κ1) is 29.2. The van der Waals surface area contributed by atoms with Crippen molar-refractivity contribution >= 4 is 46.0 Å². The summed E-state index contributed by atoms with van der Waals surface area (Å²) in [5.41, 5.74) is 11.9. The number of guanidine groups is 1. The van der Waals surface area contributed by atoms with Crippen molar-refractivity contribution in [2.45, 2.75) is 46.6 Å². The van der Waals surface area contributed by atoms with Crippen LogP contribution in [0.5, 0.6) is 0 Å². The number of aliphatic imine (C=N–C) groups is 1. The van der Waals surface area contributed by atoms with Crippen LogP contribution >= 0.6 is 11.3 Å². The van der Waals surface area contributed by atoms with Crippen molar-refractivity contribution in [2.24, 2.45) is 16.5 Å². The molecule has 0 saturated carbocycles. The molecule has 0 spiro atoms. The molecule has 0 aliphatic rings. The normalized spacial score (nSPS) is 10.7. The van der Waals surface area contributed by atoms with Gasteiger partial charge < -0.3 is 31.6 Å². The van der Waals surface area contributed by atoms with Gasteiger partial charge >= 0.3 is 5.97 Å². The Balaban J connectivity index is 0.00000142. The number of ether oxygens (including phenoxy) is 1. The van der Waals surface area contributed by atoms with E-state index in [2.05, 4.69) is 20.6 Å². The highest BCUT2D eigenvalue weighted by Crippen LogP contribution is 2.24. The van der Waals surface area contributed by atoms with Crippen LogP contribution in [-0.4, -0.2) is 47.7 Å². The van der Waals surface area contributed by atoms with E-state index >= 15 is 0 Å². The molecule has 1 unspecified atom stereocenters. The fraction of sp³-hybridized carbons (Fsp3) is 0.391. The third-order valence-electron chi connectivity index (χ3n) is 4.07. The number of Topliss-reactive ketones (excluding diaryl/α,β-unsaturated/α-hetero) is 1. The number of thiazole rings is 1. The Morgan fingerprint density at radius 1 is 1.14 bits per heavy atom. The van der Waals surface area contributed by atoms with Crippen LogP contribution in [0.3, 0.4) is 0 Å². The van der Waals surface area contributed by atoms with Crippen molar-refractivity contribution in [1.29, 1.82) is 0 Å². The molecular formula is C23H32N6O5S. The van der Waals surface area contributed by atoms with Crippen molar-refractivity contribution in [3.63, 3.8) is 0 Å². The fourth-order valence-electron chi connectivity index (χ4n) is 2.71. The third-order valence-corrected chi connectivity index (χ3v) is 5.12. The van der Waals surface area contributed by atoms with Gasteiger partial charge in [0.25, 0.3) is 5.91 Å². The smallest absolute Gasteiger partial charge is 0.308 e. The summed E-state index contributed by atoms with van der Waals surface area (Å²) >= 11 is 1.05. The highest BCUT2D eigenvalue weighted by Gasteiger charge is 2.20. The molecule has 1 heterocycles. The van der Waals surface area contributed by atoms with E-state index in [9.17, 15) is 19.2 Å². The quantitative estimate of drug-likeness (QED) is 0.215. The largest absolute Gasteiger partial charge is 0.466 e. The number of amides is 2. The molecule has 0 aliphatic heterocycles. The predicted molar refractivity (Wildman–Crippen MR) is 134 cm³/mol. The Morgan fingerprint density at radius 2 is 1.77 bits per heavy atom. The van der Waals surface area contributed by atoms with E-state index in [1.54, 1.807) is 13.8 Å². The maximum atomic E-state index is 12.4. The first-order valence-corrected chi connectivity index (χ1v) is 11.7. The molecule has 0 bridgehead atoms. The Labute approximate surface area is 208 Å². The zero-order valence-corrected chi connectivity index (χ0v) is 21.1. The molecule has 2 aromatic rings. The van der Waals surface area contributed by atoms with Crippen molar-refractivity contribution in [3.05, 3.63) is 46.5 Å². The lowest BCUT2D eigenvalue weighted by Crippen LogP contribution is -2.34. The van der Waals surface area contributed by atoms with Crippen LogP contribution < -0.4 is 22.1 Å². The number of aromatic nitrogens is 1. The predicted octanol–water partition coefficient (Wildman–Crippen LogP) is 1.88. The first-order valence-electron chi connectivity index (χ1n) is 10.9. The van der Waals surface area contributed by atoms with Gasteiger partial charge in [0.1, 0.15) is 10.7 Å². The van der Waals surface area contributed by atoms with E-state index in [1.165, 1.54) is 13.8 Å². The maximum absolute atomic E-state index is 12.4. The lowest BCUT2D eigenvalue weighted by Gasteiger charge is -2.18. The summed E-state index contributed by atoms with van der Waals surface area (Å²) in [7, 11) is 0. The fourth-order valence-corrected chi connectivity index (χ4v) is 3.59. The number of carbonyl (C=O) groups excluding carboxylic acids is 4. The van der Waals surface area contributed by atoms with Crippen LogP contribution in [0, 0.1) is 6.92 Å².